The molecule has 212 valence electrons. The zero-order valence-electron chi connectivity index (χ0n) is 20.8. The third-order valence-corrected chi connectivity index (χ3v) is 7.19. The minimum Gasteiger partial charge on any atom is -0.406 e. The number of aromatic amines is 1. The number of benzene rings is 2. The van der Waals surface area contributed by atoms with Gasteiger partial charge in [-0.15, -0.1) is 13.2 Å². The number of alkyl halides is 6. The number of rotatable bonds is 5. The molecule has 0 spiro atoms. The molecule has 7 nitrogen and oxygen atoms in total. The minimum atomic E-state index is -4.86. The second kappa shape index (κ2) is 9.95. The number of nitrogens with zero attached hydrogens (tertiary/aromatic N) is 2. The number of halogens is 6. The van der Waals surface area contributed by atoms with E-state index in [0.29, 0.717) is 48.8 Å². The third kappa shape index (κ3) is 5.55. The summed E-state index contributed by atoms with van der Waals surface area (Å²) in [5.41, 5.74) is -1.46. The summed E-state index contributed by atoms with van der Waals surface area (Å²) in [5.74, 6) is -0.943. The van der Waals surface area contributed by atoms with Crippen LogP contribution in [0.15, 0.2) is 53.3 Å². The van der Waals surface area contributed by atoms with E-state index >= 15 is 0 Å². The first-order valence-electron chi connectivity index (χ1n) is 12.4. The normalized spacial score (nSPS) is 17.5. The van der Waals surface area contributed by atoms with Crippen molar-refractivity contribution >= 4 is 5.91 Å². The Labute approximate surface area is 223 Å². The van der Waals surface area contributed by atoms with Crippen molar-refractivity contribution in [2.24, 2.45) is 0 Å². The van der Waals surface area contributed by atoms with Crippen molar-refractivity contribution in [1.29, 1.82) is 0 Å². The standard InChI is InChI=1S/C27H23F6N3O4/c28-26(29,30)17-6-1-4-15(12-17)21(37)23(39)36-11-3-8-20-19(14-36)22(38)35-24(34-20)25(9-10-25)16-5-2-7-18(13-16)40-27(31,32)33/h1-2,4-7,12-13,21,37H,3,8-11,14H2,(H,34,35,38). The first kappa shape index (κ1) is 27.7. The maximum absolute atomic E-state index is 13.2. The monoisotopic (exact) mass is 567 g/mol. The lowest BCUT2D eigenvalue weighted by Crippen LogP contribution is -2.36. The number of fused-ring (bicyclic) bond motifs is 1. The Morgan fingerprint density at radius 2 is 1.80 bits per heavy atom. The Bertz CT molecular complexity index is 1500. The molecule has 5 rings (SSSR count). The summed E-state index contributed by atoms with van der Waals surface area (Å²) < 4.78 is 81.5. The topological polar surface area (TPSA) is 95.5 Å². The fourth-order valence-corrected chi connectivity index (χ4v) is 5.01. The van der Waals surface area contributed by atoms with Crippen LogP contribution in [0.5, 0.6) is 5.75 Å². The Hall–Kier alpha value is -3.87. The Morgan fingerprint density at radius 3 is 2.48 bits per heavy atom. The highest BCUT2D eigenvalue weighted by molar-refractivity contribution is 5.82. The number of ether oxygens (including phenoxy) is 1. The SMILES string of the molecule is O=C(C(O)c1cccc(C(F)(F)F)c1)N1CCCc2nc(C3(c4cccc(OC(F)(F)F)c4)CC3)[nH]c(=O)c2C1. The lowest BCUT2D eigenvalue weighted by Gasteiger charge is -2.24. The maximum Gasteiger partial charge on any atom is 0.573 e. The minimum absolute atomic E-state index is 0.127. The molecule has 1 aliphatic heterocycles. The molecule has 0 saturated heterocycles. The first-order chi connectivity index (χ1) is 18.8. The fourth-order valence-electron chi connectivity index (χ4n) is 5.01. The highest BCUT2D eigenvalue weighted by atomic mass is 19.4. The van der Waals surface area contributed by atoms with E-state index in [2.05, 4.69) is 14.7 Å². The number of H-pyrrole nitrogens is 1. The predicted molar refractivity (Wildman–Crippen MR) is 128 cm³/mol. The molecule has 40 heavy (non-hydrogen) atoms. The quantitative estimate of drug-likeness (QED) is 0.433. The maximum atomic E-state index is 13.2. The number of carbonyl (C=O) groups excluding carboxylic acids is 1. The van der Waals surface area contributed by atoms with E-state index in [1.807, 2.05) is 0 Å². The number of aliphatic hydroxyl groups excluding tert-OH is 1. The van der Waals surface area contributed by atoms with E-state index in [0.717, 1.165) is 12.1 Å². The molecule has 2 aliphatic rings. The second-order valence-electron chi connectivity index (χ2n) is 9.89. The molecule has 1 aromatic heterocycles. The summed E-state index contributed by atoms with van der Waals surface area (Å²) in [6.07, 6.45) is -9.62. The highest BCUT2D eigenvalue weighted by Gasteiger charge is 2.49. The second-order valence-corrected chi connectivity index (χ2v) is 9.89. The summed E-state index contributed by atoms with van der Waals surface area (Å²) >= 11 is 0. The lowest BCUT2D eigenvalue weighted by molar-refractivity contribution is -0.274. The third-order valence-electron chi connectivity index (χ3n) is 7.19. The number of aromatic nitrogens is 2. The van der Waals surface area contributed by atoms with Gasteiger partial charge < -0.3 is 19.7 Å². The highest BCUT2D eigenvalue weighted by Crippen LogP contribution is 2.52. The van der Waals surface area contributed by atoms with Gasteiger partial charge in [-0.3, -0.25) is 9.59 Å². The van der Waals surface area contributed by atoms with Crippen LogP contribution in [0, 0.1) is 0 Å². The molecule has 1 fully saturated rings. The molecule has 1 saturated carbocycles. The lowest BCUT2D eigenvalue weighted by atomic mass is 9.94. The smallest absolute Gasteiger partial charge is 0.406 e. The molecular weight excluding hydrogens is 544 g/mol. The zero-order chi connectivity index (χ0) is 28.9. The van der Waals surface area contributed by atoms with Crippen LogP contribution in [-0.4, -0.2) is 38.8 Å². The van der Waals surface area contributed by atoms with E-state index in [1.165, 1.54) is 29.2 Å². The van der Waals surface area contributed by atoms with Crippen LogP contribution in [0.1, 0.15) is 59.1 Å². The molecule has 13 heteroatoms. The van der Waals surface area contributed by atoms with E-state index in [-0.39, 0.29) is 30.0 Å². The van der Waals surface area contributed by atoms with Crippen molar-refractivity contribution in [1.82, 2.24) is 14.9 Å². The van der Waals surface area contributed by atoms with Gasteiger partial charge in [0.1, 0.15) is 11.6 Å². The van der Waals surface area contributed by atoms with E-state index in [1.54, 1.807) is 6.07 Å². The van der Waals surface area contributed by atoms with Crippen molar-refractivity contribution in [3.05, 3.63) is 92.7 Å². The van der Waals surface area contributed by atoms with Gasteiger partial charge in [0.2, 0.25) is 0 Å². The summed E-state index contributed by atoms with van der Waals surface area (Å²) in [6, 6.07) is 9.36. The van der Waals surface area contributed by atoms with Crippen LogP contribution in [0.2, 0.25) is 0 Å². The molecule has 1 unspecified atom stereocenters. The number of aryl methyl sites for hydroxylation is 1. The van der Waals surface area contributed by atoms with Crippen molar-refractivity contribution < 1.29 is 41.0 Å². The largest absolute Gasteiger partial charge is 0.573 e. The van der Waals surface area contributed by atoms with E-state index in [9.17, 15) is 41.0 Å². The van der Waals surface area contributed by atoms with Gasteiger partial charge in [0.05, 0.1) is 28.8 Å². The van der Waals surface area contributed by atoms with Crippen LogP contribution in [0.4, 0.5) is 26.3 Å². The van der Waals surface area contributed by atoms with Gasteiger partial charge in [-0.05, 0) is 61.1 Å². The average Bonchev–Trinajstić information content (AvgIpc) is 3.71. The van der Waals surface area contributed by atoms with Gasteiger partial charge in [0, 0.05) is 6.54 Å². The Balaban J connectivity index is 1.40. The first-order valence-corrected chi connectivity index (χ1v) is 12.4. The molecule has 2 N–H and O–H groups in total. The number of hydrogen-bond donors (Lipinski definition) is 2. The zero-order valence-corrected chi connectivity index (χ0v) is 20.8. The van der Waals surface area contributed by atoms with Crippen LogP contribution in [-0.2, 0) is 29.4 Å². The molecular formula is C27H23F6N3O4. The molecule has 0 bridgehead atoms. The average molecular weight is 567 g/mol. The van der Waals surface area contributed by atoms with E-state index < -0.39 is 41.1 Å². The summed E-state index contributed by atoms with van der Waals surface area (Å²) in [7, 11) is 0. The van der Waals surface area contributed by atoms with Crippen molar-refractivity contribution in [3.8, 4) is 5.75 Å². The summed E-state index contributed by atoms with van der Waals surface area (Å²) in [5, 5.41) is 10.6. The molecule has 0 radical (unpaired) electrons. The van der Waals surface area contributed by atoms with Gasteiger partial charge in [-0.1, -0.05) is 24.3 Å². The Morgan fingerprint density at radius 1 is 1.07 bits per heavy atom. The number of nitrogens with one attached hydrogen (secondary N) is 1. The number of amides is 1. The fraction of sp³-hybridized carbons (Fsp3) is 0.370. The van der Waals surface area contributed by atoms with Gasteiger partial charge in [0.15, 0.2) is 6.10 Å². The van der Waals surface area contributed by atoms with Gasteiger partial charge >= 0.3 is 12.5 Å². The molecule has 1 atom stereocenters. The Kier molecular flexibility index (Phi) is 6.89. The van der Waals surface area contributed by atoms with Gasteiger partial charge in [-0.25, -0.2) is 4.98 Å². The van der Waals surface area contributed by atoms with Crippen molar-refractivity contribution in [2.75, 3.05) is 6.54 Å². The van der Waals surface area contributed by atoms with Crippen LogP contribution < -0.4 is 10.3 Å². The summed E-state index contributed by atoms with van der Waals surface area (Å²) in [6.45, 7) is -0.0866. The molecule has 2 heterocycles. The summed E-state index contributed by atoms with van der Waals surface area (Å²) in [4.78, 5) is 34.8. The van der Waals surface area contributed by atoms with Crippen LogP contribution >= 0.6 is 0 Å². The molecule has 3 aromatic rings. The molecule has 2 aromatic carbocycles. The van der Waals surface area contributed by atoms with Crippen LogP contribution in [0.25, 0.3) is 0 Å². The number of carbonyl (C=O) groups is 1. The van der Waals surface area contributed by atoms with Gasteiger partial charge in [-0.2, -0.15) is 13.2 Å². The predicted octanol–water partition coefficient (Wildman–Crippen LogP) is 4.78. The van der Waals surface area contributed by atoms with Gasteiger partial charge in [0.25, 0.3) is 11.5 Å². The molecule has 1 amide bonds. The number of aliphatic hydroxyl groups is 1. The van der Waals surface area contributed by atoms with Crippen LogP contribution in [0.3, 0.4) is 0 Å². The van der Waals surface area contributed by atoms with Crippen molar-refractivity contribution in [2.45, 2.75) is 56.3 Å². The van der Waals surface area contributed by atoms with Crippen molar-refractivity contribution in [3.63, 3.8) is 0 Å². The molecule has 1 aliphatic carbocycles. The number of hydrogen-bond acceptors (Lipinski definition) is 5. The van der Waals surface area contributed by atoms with E-state index in [4.69, 9.17) is 0 Å².